The molecule has 0 bridgehead atoms. The molecule has 1 aliphatic heterocycles. The molecule has 1 aromatic carbocycles. The number of benzene rings is 1. The van der Waals surface area contributed by atoms with Crippen molar-refractivity contribution in [3.05, 3.63) is 41.3 Å². The summed E-state index contributed by atoms with van der Waals surface area (Å²) >= 11 is 0. The van der Waals surface area contributed by atoms with Crippen LogP contribution in [0.4, 0.5) is 4.79 Å². The van der Waals surface area contributed by atoms with E-state index < -0.39 is 42.7 Å². The molecule has 0 aromatic heterocycles. The number of carboxylic acids is 1. The summed E-state index contributed by atoms with van der Waals surface area (Å²) in [6.45, 7) is -1.30. The van der Waals surface area contributed by atoms with Crippen LogP contribution < -0.4 is 10.1 Å². The zero-order valence-corrected chi connectivity index (χ0v) is 18.3. The quantitative estimate of drug-likeness (QED) is 0.287. The lowest BCUT2D eigenvalue weighted by Gasteiger charge is -2.41. The molecule has 3 rings (SSSR count). The Kier molecular flexibility index (Phi) is 7.88. The molecule has 1 saturated carbocycles. The highest BCUT2D eigenvalue weighted by Gasteiger charge is 2.41. The summed E-state index contributed by atoms with van der Waals surface area (Å²) in [5.74, 6) is -2.44. The maximum Gasteiger partial charge on any atom is 0.327 e. The number of aliphatic carboxylic acids is 1. The van der Waals surface area contributed by atoms with Gasteiger partial charge in [0.1, 0.15) is 17.9 Å². The molecule has 1 aromatic rings. The molecule has 11 heteroatoms. The van der Waals surface area contributed by atoms with E-state index in [9.17, 15) is 24.4 Å². The van der Waals surface area contributed by atoms with Gasteiger partial charge in [-0.1, -0.05) is 19.3 Å². The number of carboxylic acid groups (broad SMARTS) is 1. The zero-order valence-electron chi connectivity index (χ0n) is 18.3. The van der Waals surface area contributed by atoms with Gasteiger partial charge in [0.25, 0.3) is 11.8 Å². The maximum absolute atomic E-state index is 13.3. The van der Waals surface area contributed by atoms with E-state index in [4.69, 9.17) is 9.84 Å². The average molecular weight is 461 g/mol. The number of hydrogen-bond donors (Lipinski definition) is 3. The lowest BCUT2D eigenvalue weighted by molar-refractivity contribution is -0.223. The van der Waals surface area contributed by atoms with Crippen LogP contribution in [0.25, 0.3) is 0 Å². The van der Waals surface area contributed by atoms with Gasteiger partial charge in [-0.25, -0.2) is 10.1 Å². The Morgan fingerprint density at radius 3 is 2.36 bits per heavy atom. The average Bonchev–Trinajstić information content (AvgIpc) is 2.84. The molecule has 1 fully saturated rings. The predicted octanol–water partition coefficient (Wildman–Crippen LogP) is 1.85. The van der Waals surface area contributed by atoms with E-state index in [0.717, 1.165) is 37.0 Å². The SMILES string of the molecule is COc1ccc(C(=O)CN2C(=O)N(C3CCCCC3)CC(C(=O)NCC(=O)O)=C2OO)cc1. The first-order valence-electron chi connectivity index (χ1n) is 10.7. The summed E-state index contributed by atoms with van der Waals surface area (Å²) in [6, 6.07) is 5.57. The Morgan fingerprint density at radius 2 is 1.79 bits per heavy atom. The van der Waals surface area contributed by atoms with Crippen molar-refractivity contribution in [2.75, 3.05) is 26.7 Å². The van der Waals surface area contributed by atoms with Crippen molar-refractivity contribution in [2.24, 2.45) is 0 Å². The van der Waals surface area contributed by atoms with E-state index in [0.29, 0.717) is 11.3 Å². The van der Waals surface area contributed by atoms with E-state index in [1.165, 1.54) is 24.1 Å². The van der Waals surface area contributed by atoms with Crippen molar-refractivity contribution in [2.45, 2.75) is 38.1 Å². The molecule has 178 valence electrons. The molecule has 1 heterocycles. The molecule has 0 radical (unpaired) electrons. The Bertz CT molecular complexity index is 937. The molecule has 0 saturated heterocycles. The number of rotatable bonds is 9. The molecule has 0 atom stereocenters. The van der Waals surface area contributed by atoms with Gasteiger partial charge in [0.05, 0.1) is 20.2 Å². The standard InChI is InChI=1S/C22H27N3O8/c1-32-16-9-7-14(8-10-16)18(26)13-25-21(33-31)17(20(29)23-11-19(27)28)12-24(22(25)30)15-5-3-2-4-6-15/h7-10,15,31H,2-6,11-13H2,1H3,(H,23,29)(H,27,28). The molecule has 3 amide bonds. The van der Waals surface area contributed by atoms with Crippen molar-refractivity contribution < 1.29 is 39.2 Å². The van der Waals surface area contributed by atoms with Crippen LogP contribution >= 0.6 is 0 Å². The fourth-order valence-electron chi connectivity index (χ4n) is 4.08. The molecule has 1 aliphatic carbocycles. The second kappa shape index (κ2) is 10.8. The Hall–Kier alpha value is -3.60. The summed E-state index contributed by atoms with van der Waals surface area (Å²) in [7, 11) is 1.50. The number of nitrogens with zero attached hydrogens (tertiary/aromatic N) is 2. The number of urea groups is 1. The van der Waals surface area contributed by atoms with E-state index in [1.54, 1.807) is 12.1 Å². The van der Waals surface area contributed by atoms with Crippen LogP contribution in [0.2, 0.25) is 0 Å². The van der Waals surface area contributed by atoms with Gasteiger partial charge < -0.3 is 24.9 Å². The lowest BCUT2D eigenvalue weighted by atomic mass is 9.93. The Labute approximate surface area is 190 Å². The van der Waals surface area contributed by atoms with E-state index in [2.05, 4.69) is 10.2 Å². The van der Waals surface area contributed by atoms with Gasteiger partial charge in [0.2, 0.25) is 0 Å². The van der Waals surface area contributed by atoms with Crippen molar-refractivity contribution in [3.8, 4) is 5.75 Å². The minimum Gasteiger partial charge on any atom is -0.497 e. The van der Waals surface area contributed by atoms with Gasteiger partial charge in [-0.05, 0) is 37.1 Å². The van der Waals surface area contributed by atoms with Crippen LogP contribution in [0, 0.1) is 0 Å². The van der Waals surface area contributed by atoms with Gasteiger partial charge in [-0.2, -0.15) is 0 Å². The number of ether oxygens (including phenoxy) is 1. The minimum absolute atomic E-state index is 0.133. The fraction of sp³-hybridized carbons (Fsp3) is 0.455. The molecular weight excluding hydrogens is 434 g/mol. The van der Waals surface area contributed by atoms with E-state index >= 15 is 0 Å². The lowest BCUT2D eigenvalue weighted by Crippen LogP contribution is -2.56. The van der Waals surface area contributed by atoms with E-state index in [-0.39, 0.29) is 18.2 Å². The monoisotopic (exact) mass is 461 g/mol. The number of nitrogens with one attached hydrogen (secondary N) is 1. The third-order valence-corrected chi connectivity index (χ3v) is 5.80. The number of carbonyl (C=O) groups is 4. The highest BCUT2D eigenvalue weighted by Crippen LogP contribution is 2.30. The van der Waals surface area contributed by atoms with Crippen LogP contribution in [0.1, 0.15) is 42.5 Å². The largest absolute Gasteiger partial charge is 0.497 e. The third-order valence-electron chi connectivity index (χ3n) is 5.80. The van der Waals surface area contributed by atoms with Crippen LogP contribution in [0.15, 0.2) is 35.7 Å². The number of ketones is 1. The van der Waals surface area contributed by atoms with Gasteiger partial charge in [-0.3, -0.25) is 19.3 Å². The van der Waals surface area contributed by atoms with Crippen LogP contribution in [0.3, 0.4) is 0 Å². The van der Waals surface area contributed by atoms with Crippen LogP contribution in [0.5, 0.6) is 5.75 Å². The molecule has 3 N–H and O–H groups in total. The second-order valence-corrected chi connectivity index (χ2v) is 7.89. The normalized spacial score (nSPS) is 17.1. The van der Waals surface area contributed by atoms with Crippen molar-refractivity contribution in [1.82, 2.24) is 15.1 Å². The number of Topliss-reactive ketones (excluding diaryl/α,β-unsaturated/α-hetero) is 1. The first-order chi connectivity index (χ1) is 15.8. The third kappa shape index (κ3) is 5.61. The van der Waals surface area contributed by atoms with Gasteiger partial charge >= 0.3 is 12.0 Å². The number of methoxy groups -OCH3 is 1. The van der Waals surface area contributed by atoms with Crippen molar-refractivity contribution in [3.63, 3.8) is 0 Å². The molecule has 0 spiro atoms. The van der Waals surface area contributed by atoms with Gasteiger partial charge in [0, 0.05) is 11.6 Å². The second-order valence-electron chi connectivity index (χ2n) is 7.89. The zero-order chi connectivity index (χ0) is 24.0. The number of amides is 3. The van der Waals surface area contributed by atoms with E-state index in [1.807, 2.05) is 0 Å². The Balaban J connectivity index is 1.92. The minimum atomic E-state index is -1.25. The summed E-state index contributed by atoms with van der Waals surface area (Å²) in [5.41, 5.74) is 0.166. The fourth-order valence-corrected chi connectivity index (χ4v) is 4.08. The van der Waals surface area contributed by atoms with Gasteiger partial charge in [-0.15, -0.1) is 0 Å². The molecule has 2 aliphatic rings. The highest BCUT2D eigenvalue weighted by molar-refractivity contribution is 6.02. The highest BCUT2D eigenvalue weighted by atomic mass is 17.1. The first kappa shape index (κ1) is 24.1. The maximum atomic E-state index is 13.3. The van der Waals surface area contributed by atoms with Gasteiger partial charge in [0.15, 0.2) is 5.78 Å². The topological polar surface area (TPSA) is 146 Å². The van der Waals surface area contributed by atoms with Crippen LogP contribution in [-0.2, 0) is 14.5 Å². The molecular formula is C22H27N3O8. The van der Waals surface area contributed by atoms with Crippen molar-refractivity contribution in [1.29, 1.82) is 0 Å². The number of carbonyl (C=O) groups excluding carboxylic acids is 3. The summed E-state index contributed by atoms with van der Waals surface area (Å²) < 4.78 is 5.08. The first-order valence-corrected chi connectivity index (χ1v) is 10.7. The van der Waals surface area contributed by atoms with Crippen LogP contribution in [-0.4, -0.2) is 76.6 Å². The van der Waals surface area contributed by atoms with Crippen molar-refractivity contribution >= 4 is 23.7 Å². The smallest absolute Gasteiger partial charge is 0.327 e. The molecule has 33 heavy (non-hydrogen) atoms. The summed E-state index contributed by atoms with van der Waals surface area (Å²) in [4.78, 5) is 56.6. The Morgan fingerprint density at radius 1 is 1.12 bits per heavy atom. The predicted molar refractivity (Wildman–Crippen MR) is 114 cm³/mol. The summed E-state index contributed by atoms with van der Waals surface area (Å²) in [5, 5.41) is 20.6. The molecule has 0 unspecified atom stereocenters. The summed E-state index contributed by atoms with van der Waals surface area (Å²) in [6.07, 6.45) is 4.38. The number of hydrogen-bond acceptors (Lipinski definition) is 7. The molecule has 11 nitrogen and oxygen atoms in total.